The van der Waals surface area contributed by atoms with E-state index in [2.05, 4.69) is 4.40 Å². The average molecular weight is 482 g/mol. The second kappa shape index (κ2) is 9.73. The van der Waals surface area contributed by atoms with Gasteiger partial charge in [0.1, 0.15) is 8.42 Å². The summed E-state index contributed by atoms with van der Waals surface area (Å²) in [4.78, 5) is 13.7. The van der Waals surface area contributed by atoms with E-state index < -0.39 is 32.2 Å². The summed E-state index contributed by atoms with van der Waals surface area (Å²) in [6.45, 7) is 5.62. The molecule has 170 valence electrons. The summed E-state index contributed by atoms with van der Waals surface area (Å²) < 4.78 is 66.1. The van der Waals surface area contributed by atoms with E-state index in [-0.39, 0.29) is 33.6 Å². The molecule has 0 fully saturated rings. The molecule has 13 heteroatoms. The molecule has 1 aromatic rings. The molecule has 1 aromatic heterocycles. The molecular weight excluding hydrogens is 454 g/mol. The molecule has 1 atom stereocenters. The molecule has 0 aliphatic carbocycles. The van der Waals surface area contributed by atoms with E-state index in [0.717, 1.165) is 0 Å². The summed E-state index contributed by atoms with van der Waals surface area (Å²) in [6.07, 6.45) is -0.166. The molecule has 0 radical (unpaired) electrons. The van der Waals surface area contributed by atoms with Crippen LogP contribution in [0.3, 0.4) is 0 Å². The van der Waals surface area contributed by atoms with E-state index in [4.69, 9.17) is 9.47 Å². The number of fused-ring (bicyclic) bond motifs is 1. The van der Waals surface area contributed by atoms with E-state index in [1.807, 2.05) is 0 Å². The highest BCUT2D eigenvalue weighted by molar-refractivity contribution is 7.94. The Bertz CT molecular complexity index is 1010. The van der Waals surface area contributed by atoms with Gasteiger partial charge in [0, 0.05) is 44.6 Å². The van der Waals surface area contributed by atoms with Crippen molar-refractivity contribution in [2.24, 2.45) is 4.40 Å². The average Bonchev–Trinajstić information content (AvgIpc) is 3.12. The largest absolute Gasteiger partial charge is 0.453 e. The number of carbonyl (C=O) groups excluding carboxylic acids is 1. The van der Waals surface area contributed by atoms with Gasteiger partial charge in [0.05, 0.1) is 13.2 Å². The Balaban J connectivity index is 2.64. The zero-order valence-electron chi connectivity index (χ0n) is 17.6. The number of sulfonamides is 2. The summed E-state index contributed by atoms with van der Waals surface area (Å²) in [5.74, 6) is 0. The Kier molecular flexibility index (Phi) is 8.02. The SMILES string of the molecule is CCN(C(=O)OC)[C@H]1CN(CCCOC)S(=O)(=O)c2sc(S(=O)(=O)N=C(C)C)cc21. The number of thiophene rings is 1. The second-order valence-electron chi connectivity index (χ2n) is 6.80. The van der Waals surface area contributed by atoms with Gasteiger partial charge < -0.3 is 14.4 Å². The Labute approximate surface area is 181 Å². The second-order valence-corrected chi connectivity index (χ2v) is 11.8. The van der Waals surface area contributed by atoms with Crippen molar-refractivity contribution in [3.05, 3.63) is 11.6 Å². The highest BCUT2D eigenvalue weighted by Gasteiger charge is 2.43. The minimum Gasteiger partial charge on any atom is -0.453 e. The molecule has 2 heterocycles. The van der Waals surface area contributed by atoms with Gasteiger partial charge in [-0.3, -0.25) is 0 Å². The predicted molar refractivity (Wildman–Crippen MR) is 113 cm³/mol. The number of likely N-dealkylation sites (N-methyl/N-ethyl adjacent to an activating group) is 1. The lowest BCUT2D eigenvalue weighted by atomic mass is 10.1. The lowest BCUT2D eigenvalue weighted by Gasteiger charge is -2.37. The quantitative estimate of drug-likeness (QED) is 0.411. The topological polar surface area (TPSA) is 123 Å². The standard InChI is InChI=1S/C17H27N3O7S3/c1-6-20(17(21)27-5)14-11-19(8-7-9-26-4)30(24,25)16-13(14)10-15(28-16)29(22,23)18-12(2)3/h10,14H,6-9,11H2,1-5H3/t14-/m0/s1. The van der Waals surface area contributed by atoms with E-state index in [0.29, 0.717) is 30.1 Å². The van der Waals surface area contributed by atoms with Gasteiger partial charge in [0.2, 0.25) is 0 Å². The Morgan fingerprint density at radius 3 is 2.57 bits per heavy atom. The lowest BCUT2D eigenvalue weighted by Crippen LogP contribution is -2.47. The van der Waals surface area contributed by atoms with Crippen molar-refractivity contribution in [3.8, 4) is 0 Å². The van der Waals surface area contributed by atoms with Gasteiger partial charge in [0.15, 0.2) is 0 Å². The molecule has 30 heavy (non-hydrogen) atoms. The Morgan fingerprint density at radius 2 is 2.03 bits per heavy atom. The van der Waals surface area contributed by atoms with Gasteiger partial charge in [-0.25, -0.2) is 13.2 Å². The minimum atomic E-state index is -4.06. The van der Waals surface area contributed by atoms with Crippen molar-refractivity contribution in [2.75, 3.05) is 40.5 Å². The van der Waals surface area contributed by atoms with Crippen LogP contribution < -0.4 is 0 Å². The first-order valence-corrected chi connectivity index (χ1v) is 12.9. The van der Waals surface area contributed by atoms with Crippen LogP contribution in [-0.4, -0.2) is 78.3 Å². The van der Waals surface area contributed by atoms with E-state index in [1.54, 1.807) is 6.92 Å². The van der Waals surface area contributed by atoms with Crippen molar-refractivity contribution in [1.82, 2.24) is 9.21 Å². The number of rotatable bonds is 8. The predicted octanol–water partition coefficient (Wildman–Crippen LogP) is 2.09. The third-order valence-electron chi connectivity index (χ3n) is 4.45. The zero-order chi connectivity index (χ0) is 22.7. The zero-order valence-corrected chi connectivity index (χ0v) is 20.1. The molecule has 1 amide bonds. The minimum absolute atomic E-state index is 0.00567. The van der Waals surface area contributed by atoms with Gasteiger partial charge in [-0.15, -0.1) is 11.3 Å². The first-order chi connectivity index (χ1) is 14.0. The van der Waals surface area contributed by atoms with E-state index >= 15 is 0 Å². The number of nitrogens with zero attached hydrogens (tertiary/aromatic N) is 3. The number of hydrogen-bond acceptors (Lipinski definition) is 8. The summed E-state index contributed by atoms with van der Waals surface area (Å²) in [6, 6.07) is 0.623. The molecule has 10 nitrogen and oxygen atoms in total. The summed E-state index contributed by atoms with van der Waals surface area (Å²) in [5.41, 5.74) is 0.587. The van der Waals surface area contributed by atoms with Crippen LogP contribution in [0.25, 0.3) is 0 Å². The fourth-order valence-electron chi connectivity index (χ4n) is 3.18. The van der Waals surface area contributed by atoms with Crippen LogP contribution in [0, 0.1) is 0 Å². The highest BCUT2D eigenvalue weighted by atomic mass is 32.3. The maximum Gasteiger partial charge on any atom is 0.410 e. The van der Waals surface area contributed by atoms with Crippen LogP contribution in [0.4, 0.5) is 4.79 Å². The summed E-state index contributed by atoms with van der Waals surface area (Å²) in [5, 5.41) is 0. The van der Waals surface area contributed by atoms with Crippen LogP contribution in [0.1, 0.15) is 38.8 Å². The maximum atomic E-state index is 13.2. The first-order valence-electron chi connectivity index (χ1n) is 9.25. The van der Waals surface area contributed by atoms with Gasteiger partial charge in [-0.2, -0.15) is 17.1 Å². The van der Waals surface area contributed by atoms with Gasteiger partial charge in [-0.05, 0) is 33.3 Å². The monoisotopic (exact) mass is 481 g/mol. The number of carbonyl (C=O) groups is 1. The molecule has 0 N–H and O–H groups in total. The van der Waals surface area contributed by atoms with Crippen LogP contribution in [0.5, 0.6) is 0 Å². The molecule has 0 aromatic carbocycles. The summed E-state index contributed by atoms with van der Waals surface area (Å²) in [7, 11) is -5.23. The number of amides is 1. The Hall–Kier alpha value is -1.54. The van der Waals surface area contributed by atoms with Gasteiger partial charge in [-0.1, -0.05) is 0 Å². The van der Waals surface area contributed by atoms with Crippen molar-refractivity contribution < 1.29 is 31.1 Å². The molecule has 0 bridgehead atoms. The molecule has 0 saturated carbocycles. The smallest absolute Gasteiger partial charge is 0.410 e. The van der Waals surface area contributed by atoms with Crippen LogP contribution in [-0.2, 0) is 29.5 Å². The fourth-order valence-corrected chi connectivity index (χ4v) is 8.09. The van der Waals surface area contributed by atoms with Crippen LogP contribution in [0.2, 0.25) is 0 Å². The third-order valence-corrected chi connectivity index (χ3v) is 9.90. The number of ether oxygens (including phenoxy) is 2. The van der Waals surface area contributed by atoms with Gasteiger partial charge >= 0.3 is 6.09 Å². The van der Waals surface area contributed by atoms with E-state index in [9.17, 15) is 21.6 Å². The molecule has 0 saturated heterocycles. The molecule has 2 rings (SSSR count). The van der Waals surface area contributed by atoms with Crippen molar-refractivity contribution in [3.63, 3.8) is 0 Å². The number of hydrogen-bond donors (Lipinski definition) is 0. The third kappa shape index (κ3) is 5.02. The highest BCUT2D eigenvalue weighted by Crippen LogP contribution is 2.43. The van der Waals surface area contributed by atoms with Crippen molar-refractivity contribution >= 4 is 43.2 Å². The normalized spacial score (nSPS) is 18.5. The van der Waals surface area contributed by atoms with Gasteiger partial charge in [0.25, 0.3) is 20.0 Å². The lowest BCUT2D eigenvalue weighted by molar-refractivity contribution is 0.0981. The molecule has 1 aliphatic heterocycles. The molecule has 0 unspecified atom stereocenters. The molecular formula is C17H27N3O7S3. The van der Waals surface area contributed by atoms with Crippen molar-refractivity contribution in [2.45, 2.75) is 41.7 Å². The van der Waals surface area contributed by atoms with E-state index in [1.165, 1.54) is 43.3 Å². The van der Waals surface area contributed by atoms with Crippen LogP contribution in [0.15, 0.2) is 18.9 Å². The summed E-state index contributed by atoms with van der Waals surface area (Å²) >= 11 is 0.650. The molecule has 0 spiro atoms. The Morgan fingerprint density at radius 1 is 1.37 bits per heavy atom. The fraction of sp³-hybridized carbons (Fsp3) is 0.647. The number of methoxy groups -OCH3 is 2. The van der Waals surface area contributed by atoms with Crippen molar-refractivity contribution in [1.29, 1.82) is 0 Å². The maximum absolute atomic E-state index is 13.2. The van der Waals surface area contributed by atoms with Crippen LogP contribution >= 0.6 is 11.3 Å². The first kappa shape index (κ1) is 24.7. The molecule has 1 aliphatic rings.